The summed E-state index contributed by atoms with van der Waals surface area (Å²) in [7, 11) is -3.58. The Morgan fingerprint density at radius 2 is 1.66 bits per heavy atom. The second-order valence-corrected chi connectivity index (χ2v) is 12.5. The molecule has 3 aromatic rings. The van der Waals surface area contributed by atoms with Gasteiger partial charge in [-0.15, -0.1) is 0 Å². The lowest BCUT2D eigenvalue weighted by atomic mass is 9.86. The van der Waals surface area contributed by atoms with E-state index in [0.717, 1.165) is 48.8 Å². The molecule has 5 rings (SSSR count). The highest BCUT2D eigenvalue weighted by atomic mass is 32.3. The number of piperidine rings is 1. The van der Waals surface area contributed by atoms with Crippen molar-refractivity contribution in [2.45, 2.75) is 56.0 Å². The van der Waals surface area contributed by atoms with E-state index >= 15 is 0 Å². The third kappa shape index (κ3) is 5.99. The molecular weight excluding hydrogens is 500 g/mol. The molecule has 3 aromatic carbocycles. The van der Waals surface area contributed by atoms with Crippen LogP contribution in [0.5, 0.6) is 0 Å². The van der Waals surface area contributed by atoms with Gasteiger partial charge >= 0.3 is 0 Å². The fraction of sp³-hybridized carbons (Fsp3) is 0.367. The number of carbonyl (C=O) groups excluding carboxylic acids is 3. The van der Waals surface area contributed by atoms with Crippen molar-refractivity contribution < 1.29 is 23.5 Å². The van der Waals surface area contributed by atoms with Crippen LogP contribution in [0.4, 0.5) is 0 Å². The molecule has 1 atom stereocenters. The minimum absolute atomic E-state index is 0.166. The number of amides is 1. The number of ketones is 2. The molecule has 7 nitrogen and oxygen atoms in total. The van der Waals surface area contributed by atoms with E-state index < -0.39 is 33.8 Å². The molecule has 1 aliphatic heterocycles. The molecule has 3 N–H and O–H groups in total. The van der Waals surface area contributed by atoms with Crippen molar-refractivity contribution in [3.05, 3.63) is 77.4 Å². The van der Waals surface area contributed by atoms with Gasteiger partial charge in [0.1, 0.15) is 5.75 Å². The second-order valence-electron chi connectivity index (χ2n) is 10.4. The maximum absolute atomic E-state index is 12.7. The van der Waals surface area contributed by atoms with Crippen molar-refractivity contribution in [2.75, 3.05) is 18.8 Å². The third-order valence-electron chi connectivity index (χ3n) is 7.57. The smallest absolute Gasteiger partial charge is 0.296 e. The fourth-order valence-electron chi connectivity index (χ4n) is 5.54. The lowest BCUT2D eigenvalue weighted by Crippen LogP contribution is -2.40. The summed E-state index contributed by atoms with van der Waals surface area (Å²) in [4.78, 5) is 40.7. The second kappa shape index (κ2) is 11.4. The summed E-state index contributed by atoms with van der Waals surface area (Å²) in [6, 6.07) is 18.3. The van der Waals surface area contributed by atoms with Gasteiger partial charge in [-0.25, -0.2) is 0 Å². The van der Waals surface area contributed by atoms with E-state index in [2.05, 4.69) is 22.3 Å². The van der Waals surface area contributed by atoms with Gasteiger partial charge in [-0.05, 0) is 84.8 Å². The molecule has 0 radical (unpaired) electrons. The molecule has 1 heterocycles. The number of rotatable bonds is 8. The van der Waals surface area contributed by atoms with Crippen molar-refractivity contribution >= 4 is 38.8 Å². The molecule has 0 unspecified atom stereocenters. The molecule has 1 fully saturated rings. The van der Waals surface area contributed by atoms with Crippen molar-refractivity contribution in [3.8, 4) is 0 Å². The van der Waals surface area contributed by atoms with Crippen LogP contribution in [0.2, 0.25) is 0 Å². The van der Waals surface area contributed by atoms with Gasteiger partial charge in [0.2, 0.25) is 5.78 Å². The summed E-state index contributed by atoms with van der Waals surface area (Å²) in [5.41, 5.74) is 3.40. The van der Waals surface area contributed by atoms with Gasteiger partial charge in [-0.1, -0.05) is 55.0 Å². The van der Waals surface area contributed by atoms with E-state index in [1.54, 1.807) is 12.1 Å². The van der Waals surface area contributed by atoms with Crippen LogP contribution in [0.3, 0.4) is 0 Å². The lowest BCUT2D eigenvalue weighted by molar-refractivity contribution is -0.144. The van der Waals surface area contributed by atoms with Gasteiger partial charge in [0, 0.05) is 6.54 Å². The Kier molecular flexibility index (Phi) is 7.95. The van der Waals surface area contributed by atoms with Crippen LogP contribution >= 0.6 is 10.6 Å². The first-order valence-corrected chi connectivity index (χ1v) is 15.0. The summed E-state index contributed by atoms with van der Waals surface area (Å²) in [5.74, 6) is -4.18. The minimum atomic E-state index is -3.58. The number of hydrogen-bond acceptors (Lipinski definition) is 6. The minimum Gasteiger partial charge on any atom is -0.342 e. The highest BCUT2D eigenvalue weighted by Gasteiger charge is 2.31. The van der Waals surface area contributed by atoms with Gasteiger partial charge in [0.05, 0.1) is 10.9 Å². The van der Waals surface area contributed by atoms with E-state index in [9.17, 15) is 23.5 Å². The zero-order valence-electron chi connectivity index (χ0n) is 21.4. The molecule has 2 aliphatic rings. The monoisotopic (exact) mass is 534 g/mol. The Morgan fingerprint density at radius 1 is 0.895 bits per heavy atom. The van der Waals surface area contributed by atoms with Gasteiger partial charge in [0.15, 0.2) is 0 Å². The van der Waals surface area contributed by atoms with Gasteiger partial charge in [0.25, 0.3) is 11.7 Å². The van der Waals surface area contributed by atoms with Crippen LogP contribution in [0.15, 0.2) is 65.6 Å². The summed E-state index contributed by atoms with van der Waals surface area (Å²) >= 11 is 0. The molecule has 0 bridgehead atoms. The number of nitrogens with zero attached hydrogens (tertiary/aromatic N) is 1. The quantitative estimate of drug-likeness (QED) is 0.269. The summed E-state index contributed by atoms with van der Waals surface area (Å²) < 4.78 is 21.3. The van der Waals surface area contributed by atoms with Crippen LogP contribution in [-0.4, -0.2) is 50.3 Å². The predicted molar refractivity (Wildman–Crippen MR) is 149 cm³/mol. The maximum Gasteiger partial charge on any atom is 0.296 e. The molecule has 0 saturated carbocycles. The number of aryl methyl sites for hydroxylation is 1. The van der Waals surface area contributed by atoms with Crippen molar-refractivity contribution in [1.82, 2.24) is 10.2 Å². The van der Waals surface area contributed by atoms with Gasteiger partial charge in [-0.3, -0.25) is 28.4 Å². The van der Waals surface area contributed by atoms with Gasteiger partial charge < -0.3 is 5.32 Å². The molecule has 8 heteroatoms. The molecule has 38 heavy (non-hydrogen) atoms. The standard InChI is InChI=1S/C30H34N2O5S/c33-28(20-38(36,37)25-13-12-22-7-2-3-8-23(22)18-25)29(34)30(35)31-27-10-6-9-24-17-21(11-14-26(24)27)19-32-15-4-1-5-16-32/h2-3,7-8,11-14,17-18,27,36-37H,1,4-6,9-10,15-16,19-20H2,(H,31,35)/t27-/m1/s1. The number of nitrogens with one attached hydrogen (secondary N) is 1. The van der Waals surface area contributed by atoms with E-state index in [-0.39, 0.29) is 10.9 Å². The molecule has 1 aliphatic carbocycles. The first-order valence-electron chi connectivity index (χ1n) is 13.3. The van der Waals surface area contributed by atoms with E-state index in [1.165, 1.54) is 36.5 Å². The van der Waals surface area contributed by atoms with Gasteiger partial charge in [-0.2, -0.15) is 10.6 Å². The Hall–Kier alpha value is -3.04. The van der Waals surface area contributed by atoms with Crippen LogP contribution in [0, 0.1) is 0 Å². The van der Waals surface area contributed by atoms with Crippen LogP contribution in [0.25, 0.3) is 10.8 Å². The van der Waals surface area contributed by atoms with E-state index in [4.69, 9.17) is 0 Å². The first-order chi connectivity index (χ1) is 18.3. The molecule has 1 saturated heterocycles. The lowest BCUT2D eigenvalue weighted by Gasteiger charge is -2.31. The van der Waals surface area contributed by atoms with Crippen LogP contribution < -0.4 is 5.32 Å². The molecule has 200 valence electrons. The number of hydrogen-bond donors (Lipinski definition) is 3. The molecule has 0 spiro atoms. The Balaban J connectivity index is 1.22. The zero-order chi connectivity index (χ0) is 26.7. The Bertz CT molecular complexity index is 1370. The van der Waals surface area contributed by atoms with Crippen LogP contribution in [0.1, 0.15) is 54.8 Å². The molecule has 1 amide bonds. The topological polar surface area (TPSA) is 107 Å². The van der Waals surface area contributed by atoms with Crippen molar-refractivity contribution in [1.29, 1.82) is 0 Å². The number of likely N-dealkylation sites (tertiary alicyclic amines) is 1. The highest BCUT2D eigenvalue weighted by Crippen LogP contribution is 2.48. The molecule has 0 aromatic heterocycles. The normalized spacial score (nSPS) is 18.5. The first kappa shape index (κ1) is 26.6. The Labute approximate surface area is 224 Å². The van der Waals surface area contributed by atoms with Crippen LogP contribution in [-0.2, 0) is 27.3 Å². The average molecular weight is 535 g/mol. The zero-order valence-corrected chi connectivity index (χ0v) is 22.2. The third-order valence-corrected chi connectivity index (χ3v) is 9.25. The highest BCUT2D eigenvalue weighted by molar-refractivity contribution is 8.25. The molecular formula is C30H34N2O5S. The Morgan fingerprint density at radius 3 is 2.45 bits per heavy atom. The SMILES string of the molecule is O=C(CS(O)(O)c1ccc2ccccc2c1)C(=O)C(=O)N[C@@H]1CCCc2cc(CN3CCCCC3)ccc21. The number of fused-ring (bicyclic) bond motifs is 2. The number of benzene rings is 3. The number of carbonyl (C=O) groups is 3. The van der Waals surface area contributed by atoms with E-state index in [0.29, 0.717) is 6.42 Å². The predicted octanol–water partition coefficient (Wildman–Crippen LogP) is 5.27. The van der Waals surface area contributed by atoms with Crippen molar-refractivity contribution in [3.63, 3.8) is 0 Å². The maximum atomic E-state index is 12.7. The average Bonchev–Trinajstić information content (AvgIpc) is 2.92. The van der Waals surface area contributed by atoms with Crippen molar-refractivity contribution in [2.24, 2.45) is 0 Å². The van der Waals surface area contributed by atoms with E-state index in [1.807, 2.05) is 30.3 Å². The number of Topliss-reactive ketones (excluding diaryl/α,β-unsaturated/α-hetero) is 2. The summed E-state index contributed by atoms with van der Waals surface area (Å²) in [5, 5.41) is 4.44. The summed E-state index contributed by atoms with van der Waals surface area (Å²) in [6.45, 7) is 3.16. The largest absolute Gasteiger partial charge is 0.342 e. The summed E-state index contributed by atoms with van der Waals surface area (Å²) in [6.07, 6.45) is 6.24. The fourth-order valence-corrected chi connectivity index (χ4v) is 6.81.